The van der Waals surface area contributed by atoms with E-state index in [1.54, 1.807) is 43.3 Å². The third kappa shape index (κ3) is 7.19. The monoisotopic (exact) mass is 441 g/mol. The summed E-state index contributed by atoms with van der Waals surface area (Å²) in [5.41, 5.74) is 0.992. The molecule has 0 atom stereocenters. The number of rotatable bonds is 7. The van der Waals surface area contributed by atoms with Crippen molar-refractivity contribution in [3.63, 3.8) is 0 Å². The lowest BCUT2D eigenvalue weighted by atomic mass is 10.0. The van der Waals surface area contributed by atoms with Crippen LogP contribution in [0.2, 0.25) is 0 Å². The van der Waals surface area contributed by atoms with Gasteiger partial charge in [0.1, 0.15) is 12.4 Å². The molecule has 0 saturated heterocycles. The number of sulfone groups is 1. The number of nitrogens with zero attached hydrogens (tertiary/aromatic N) is 1. The van der Waals surface area contributed by atoms with E-state index in [-0.39, 0.29) is 18.0 Å². The molecular weight excluding hydrogens is 414 g/mol. The predicted molar refractivity (Wildman–Crippen MR) is 121 cm³/mol. The van der Waals surface area contributed by atoms with E-state index in [1.807, 2.05) is 20.8 Å². The Bertz CT molecular complexity index is 1080. The lowest BCUT2D eigenvalue weighted by Gasteiger charge is -2.33. The van der Waals surface area contributed by atoms with Crippen molar-refractivity contribution in [1.82, 2.24) is 4.90 Å². The first kappa shape index (κ1) is 24.0. The zero-order chi connectivity index (χ0) is 23.1. The molecule has 0 aliphatic heterocycles. The Kier molecular flexibility index (Phi) is 7.89. The van der Waals surface area contributed by atoms with Crippen LogP contribution in [0.1, 0.15) is 38.8 Å². The lowest BCUT2D eigenvalue weighted by Crippen LogP contribution is -2.44. The Labute approximate surface area is 184 Å². The fourth-order valence-electron chi connectivity index (χ4n) is 2.67. The van der Waals surface area contributed by atoms with Crippen molar-refractivity contribution in [3.8, 4) is 17.6 Å². The molecule has 0 radical (unpaired) electrons. The molecule has 31 heavy (non-hydrogen) atoms. The summed E-state index contributed by atoms with van der Waals surface area (Å²) in [4.78, 5) is 13.0. The summed E-state index contributed by atoms with van der Waals surface area (Å²) in [6.45, 7) is 7.72. The lowest BCUT2D eigenvalue weighted by molar-refractivity contribution is 0.0955. The maximum Gasteiger partial charge on any atom is 0.408 e. The molecule has 2 aromatic carbocycles. The van der Waals surface area contributed by atoms with Crippen LogP contribution in [0, 0.1) is 11.8 Å². The maximum atomic E-state index is 12.6. The van der Waals surface area contributed by atoms with Gasteiger partial charge in [-0.2, -0.15) is 0 Å². The second-order valence-corrected chi connectivity index (χ2v) is 9.65. The van der Waals surface area contributed by atoms with Gasteiger partial charge in [0, 0.05) is 17.5 Å². The van der Waals surface area contributed by atoms with Crippen molar-refractivity contribution >= 4 is 22.0 Å². The molecule has 2 aromatic rings. The van der Waals surface area contributed by atoms with Crippen LogP contribution < -0.4 is 4.74 Å². The summed E-state index contributed by atoms with van der Waals surface area (Å²) < 4.78 is 30.5. The summed E-state index contributed by atoms with van der Waals surface area (Å²) in [6, 6.07) is 13.3. The molecule has 0 heterocycles. The highest BCUT2D eigenvalue weighted by Crippen LogP contribution is 2.20. The highest BCUT2D eigenvalue weighted by Gasteiger charge is 2.25. The smallest absolute Gasteiger partial charge is 0.408 e. The molecule has 0 aliphatic carbocycles. The van der Waals surface area contributed by atoms with Crippen LogP contribution in [0.5, 0.6) is 5.75 Å². The van der Waals surface area contributed by atoms with E-state index < -0.39 is 21.5 Å². The standard InChI is InChI=1S/C24H27NO5S/c1-5-6-16-30-21-11-13-22(14-12-21)31(28,29)17-15-19-7-9-20(10-8-19)18-25(23(26)27)24(2,3)4/h7-15,17H,16,18H2,1-4H3,(H,26,27)/b17-15+. The first-order chi connectivity index (χ1) is 14.5. The van der Waals surface area contributed by atoms with Crippen molar-refractivity contribution in [1.29, 1.82) is 0 Å². The SMILES string of the molecule is CC#CCOc1ccc(S(=O)(=O)/C=C/c2ccc(CN(C(=O)O)C(C)(C)C)cc2)cc1. The zero-order valence-electron chi connectivity index (χ0n) is 18.1. The van der Waals surface area contributed by atoms with E-state index >= 15 is 0 Å². The fourth-order valence-corrected chi connectivity index (χ4v) is 3.68. The largest absolute Gasteiger partial charge is 0.481 e. The van der Waals surface area contributed by atoms with Crippen LogP contribution in [0.25, 0.3) is 6.08 Å². The van der Waals surface area contributed by atoms with Gasteiger partial charge >= 0.3 is 6.09 Å². The van der Waals surface area contributed by atoms with E-state index in [0.29, 0.717) is 11.3 Å². The second-order valence-electron chi connectivity index (χ2n) is 7.82. The molecule has 164 valence electrons. The minimum Gasteiger partial charge on any atom is -0.481 e. The summed E-state index contributed by atoms with van der Waals surface area (Å²) in [6.07, 6.45) is 0.524. The van der Waals surface area contributed by atoms with Crippen LogP contribution >= 0.6 is 0 Å². The number of hydrogen-bond acceptors (Lipinski definition) is 4. The van der Waals surface area contributed by atoms with Gasteiger partial charge in [0.15, 0.2) is 9.84 Å². The normalized spacial score (nSPS) is 11.6. The van der Waals surface area contributed by atoms with Gasteiger partial charge in [0.2, 0.25) is 0 Å². The fraction of sp³-hybridized carbons (Fsp3) is 0.292. The van der Waals surface area contributed by atoms with Crippen LogP contribution in [-0.2, 0) is 16.4 Å². The highest BCUT2D eigenvalue weighted by molar-refractivity contribution is 7.94. The number of amides is 1. The molecule has 0 spiro atoms. The average molecular weight is 442 g/mol. The molecule has 7 heteroatoms. The minimum atomic E-state index is -3.61. The maximum absolute atomic E-state index is 12.6. The van der Waals surface area contributed by atoms with Gasteiger partial charge in [-0.05, 0) is 69.2 Å². The molecule has 2 rings (SSSR count). The molecule has 0 saturated carbocycles. The molecular formula is C24H27NO5S. The second kappa shape index (κ2) is 10.2. The molecule has 1 N–H and O–H groups in total. The molecule has 0 unspecified atom stereocenters. The van der Waals surface area contributed by atoms with Crippen molar-refractivity contribution in [3.05, 3.63) is 65.1 Å². The van der Waals surface area contributed by atoms with Gasteiger partial charge in [-0.15, -0.1) is 5.92 Å². The number of carbonyl (C=O) groups is 1. The van der Waals surface area contributed by atoms with E-state index in [1.165, 1.54) is 23.1 Å². The first-order valence-electron chi connectivity index (χ1n) is 9.68. The average Bonchev–Trinajstić information content (AvgIpc) is 2.71. The Morgan fingerprint density at radius 2 is 1.71 bits per heavy atom. The number of ether oxygens (including phenoxy) is 1. The van der Waals surface area contributed by atoms with E-state index in [4.69, 9.17) is 4.74 Å². The number of hydrogen-bond donors (Lipinski definition) is 1. The van der Waals surface area contributed by atoms with Crippen molar-refractivity contribution in [2.24, 2.45) is 0 Å². The summed E-state index contributed by atoms with van der Waals surface area (Å²) in [5.74, 6) is 6.04. The van der Waals surface area contributed by atoms with Crippen LogP contribution in [0.15, 0.2) is 58.8 Å². The molecule has 0 aromatic heterocycles. The van der Waals surface area contributed by atoms with Gasteiger partial charge < -0.3 is 9.84 Å². The Morgan fingerprint density at radius 1 is 1.10 bits per heavy atom. The van der Waals surface area contributed by atoms with Gasteiger partial charge in [-0.1, -0.05) is 30.2 Å². The van der Waals surface area contributed by atoms with E-state index in [9.17, 15) is 18.3 Å². The van der Waals surface area contributed by atoms with Crippen LogP contribution in [-0.4, -0.2) is 36.7 Å². The van der Waals surface area contributed by atoms with Crippen molar-refractivity contribution in [2.45, 2.75) is 44.7 Å². The molecule has 0 bridgehead atoms. The van der Waals surface area contributed by atoms with Crippen LogP contribution in [0.4, 0.5) is 4.79 Å². The van der Waals surface area contributed by atoms with Gasteiger partial charge in [-0.25, -0.2) is 13.2 Å². The van der Waals surface area contributed by atoms with Gasteiger partial charge in [-0.3, -0.25) is 4.90 Å². The Hall–Kier alpha value is -3.24. The number of carboxylic acid groups (broad SMARTS) is 1. The van der Waals surface area contributed by atoms with Gasteiger partial charge in [0.25, 0.3) is 0 Å². The third-order valence-electron chi connectivity index (χ3n) is 4.44. The Morgan fingerprint density at radius 3 is 2.23 bits per heavy atom. The number of benzene rings is 2. The minimum absolute atomic E-state index is 0.163. The summed E-state index contributed by atoms with van der Waals surface area (Å²) in [7, 11) is -3.61. The quantitative estimate of drug-likeness (QED) is 0.623. The zero-order valence-corrected chi connectivity index (χ0v) is 18.9. The topological polar surface area (TPSA) is 83.9 Å². The summed E-state index contributed by atoms with van der Waals surface area (Å²) in [5, 5.41) is 10.6. The van der Waals surface area contributed by atoms with E-state index in [2.05, 4.69) is 11.8 Å². The predicted octanol–water partition coefficient (Wildman–Crippen LogP) is 4.81. The van der Waals surface area contributed by atoms with Crippen LogP contribution in [0.3, 0.4) is 0 Å². The molecule has 0 aliphatic rings. The molecule has 1 amide bonds. The molecule has 6 nitrogen and oxygen atoms in total. The third-order valence-corrected chi connectivity index (χ3v) is 5.86. The van der Waals surface area contributed by atoms with E-state index in [0.717, 1.165) is 11.0 Å². The van der Waals surface area contributed by atoms with Gasteiger partial charge in [0.05, 0.1) is 4.90 Å². The highest BCUT2D eigenvalue weighted by atomic mass is 32.2. The molecule has 0 fully saturated rings. The first-order valence-corrected chi connectivity index (χ1v) is 11.2. The van der Waals surface area contributed by atoms with Crippen molar-refractivity contribution < 1.29 is 23.1 Å². The Balaban J connectivity index is 2.08. The summed E-state index contributed by atoms with van der Waals surface area (Å²) >= 11 is 0. The van der Waals surface area contributed by atoms with Crippen molar-refractivity contribution in [2.75, 3.05) is 6.61 Å².